The first-order chi connectivity index (χ1) is 14.1. The number of rotatable bonds is 7. The molecule has 2 aromatic rings. The van der Waals surface area contributed by atoms with Crippen molar-refractivity contribution in [2.45, 2.75) is 56.1 Å². The van der Waals surface area contributed by atoms with Gasteiger partial charge < -0.3 is 10.6 Å². The van der Waals surface area contributed by atoms with E-state index in [4.69, 9.17) is 0 Å². The summed E-state index contributed by atoms with van der Waals surface area (Å²) in [6.45, 7) is 8.52. The molecule has 0 spiro atoms. The Morgan fingerprint density at radius 1 is 1.03 bits per heavy atom. The number of nitrogens with one attached hydrogen (secondary N) is 3. The molecule has 0 radical (unpaired) electrons. The fourth-order valence-corrected chi connectivity index (χ4v) is 5.31. The third-order valence-corrected chi connectivity index (χ3v) is 6.94. The highest BCUT2D eigenvalue weighted by Crippen LogP contribution is 2.22. The molecule has 2 rings (SSSR count). The normalized spacial score (nSPS) is 12.3. The number of hydrogen-bond acceptors (Lipinski definition) is 4. The minimum atomic E-state index is -3.62. The van der Waals surface area contributed by atoms with Crippen molar-refractivity contribution in [1.29, 1.82) is 0 Å². The number of benzene rings is 2. The molecule has 0 aliphatic carbocycles. The van der Waals surface area contributed by atoms with Crippen LogP contribution in [0.15, 0.2) is 57.2 Å². The minimum absolute atomic E-state index is 0. The molecule has 0 unspecified atom stereocenters. The van der Waals surface area contributed by atoms with E-state index in [9.17, 15) is 8.42 Å². The number of hydrogen-bond donors (Lipinski definition) is 3. The molecule has 3 N–H and O–H groups in total. The molecule has 9 heteroatoms. The molecule has 0 atom stereocenters. The summed E-state index contributed by atoms with van der Waals surface area (Å²) < 4.78 is 28.3. The quantitative estimate of drug-likeness (QED) is 0.199. The fourth-order valence-electron chi connectivity index (χ4n) is 2.95. The van der Waals surface area contributed by atoms with E-state index in [1.807, 2.05) is 32.9 Å². The lowest BCUT2D eigenvalue weighted by molar-refractivity contribution is 0.491. The van der Waals surface area contributed by atoms with E-state index in [1.165, 1.54) is 16.0 Å². The number of nitrogens with zero attached hydrogens (tertiary/aromatic N) is 1. The second-order valence-corrected chi connectivity index (χ2v) is 10.6. The van der Waals surface area contributed by atoms with Gasteiger partial charge in [-0.05, 0) is 62.8 Å². The zero-order chi connectivity index (χ0) is 22.4. The lowest BCUT2D eigenvalue weighted by atomic mass is 10.1. The Morgan fingerprint density at radius 2 is 1.65 bits per heavy atom. The third-order valence-electron chi connectivity index (χ3n) is 4.26. The van der Waals surface area contributed by atoms with E-state index in [-0.39, 0.29) is 28.9 Å². The van der Waals surface area contributed by atoms with Crippen LogP contribution in [0.3, 0.4) is 0 Å². The van der Waals surface area contributed by atoms with Gasteiger partial charge in [-0.2, -0.15) is 0 Å². The van der Waals surface area contributed by atoms with E-state index in [0.29, 0.717) is 24.6 Å². The molecule has 0 aliphatic heterocycles. The van der Waals surface area contributed by atoms with Crippen LogP contribution in [-0.2, 0) is 23.1 Å². The standard InChI is InChI=1S/C22H32N4O2S2.HI/c1-16-11-12-17(19(13-16)29-6)14-24-21(23-5)25-15-18-9-7-8-10-20(18)30(27,28)26-22(2,3)4;/h7-13,26H,14-15H2,1-6H3,(H2,23,24,25);1H. The largest absolute Gasteiger partial charge is 0.352 e. The van der Waals surface area contributed by atoms with Gasteiger partial charge in [0.1, 0.15) is 0 Å². The monoisotopic (exact) mass is 576 g/mol. The van der Waals surface area contributed by atoms with Crippen LogP contribution in [0.25, 0.3) is 0 Å². The highest BCUT2D eigenvalue weighted by Gasteiger charge is 2.24. The zero-order valence-electron chi connectivity index (χ0n) is 18.9. The Labute approximate surface area is 208 Å². The number of sulfonamides is 1. The van der Waals surface area contributed by atoms with Crippen molar-refractivity contribution in [2.24, 2.45) is 4.99 Å². The Morgan fingerprint density at radius 3 is 2.23 bits per heavy atom. The van der Waals surface area contributed by atoms with E-state index < -0.39 is 15.6 Å². The van der Waals surface area contributed by atoms with Crippen LogP contribution in [0, 0.1) is 6.92 Å². The summed E-state index contributed by atoms with van der Waals surface area (Å²) in [7, 11) is -1.93. The summed E-state index contributed by atoms with van der Waals surface area (Å²) in [6, 6.07) is 13.4. The number of thioether (sulfide) groups is 1. The van der Waals surface area contributed by atoms with Crippen LogP contribution in [0.5, 0.6) is 0 Å². The van der Waals surface area contributed by atoms with E-state index in [0.717, 1.165) is 0 Å². The van der Waals surface area contributed by atoms with Crippen LogP contribution in [-0.4, -0.2) is 33.2 Å². The number of aliphatic imine (C=N–C) groups is 1. The molecule has 0 fully saturated rings. The highest BCUT2D eigenvalue weighted by atomic mass is 127. The number of aryl methyl sites for hydroxylation is 1. The van der Waals surface area contributed by atoms with Gasteiger partial charge in [0, 0.05) is 30.6 Å². The topological polar surface area (TPSA) is 82.6 Å². The number of halogens is 1. The first kappa shape index (κ1) is 27.7. The lowest BCUT2D eigenvalue weighted by Crippen LogP contribution is -2.41. The van der Waals surface area contributed by atoms with Crippen molar-refractivity contribution < 1.29 is 8.42 Å². The first-order valence-corrected chi connectivity index (χ1v) is 12.5. The summed E-state index contributed by atoms with van der Waals surface area (Å²) in [6.07, 6.45) is 2.06. The summed E-state index contributed by atoms with van der Waals surface area (Å²) in [4.78, 5) is 5.76. The van der Waals surface area contributed by atoms with Crippen LogP contribution in [0.4, 0.5) is 0 Å². The maximum atomic E-state index is 12.8. The molecule has 0 aliphatic rings. The Bertz CT molecular complexity index is 1000. The zero-order valence-corrected chi connectivity index (χ0v) is 22.9. The minimum Gasteiger partial charge on any atom is -0.352 e. The van der Waals surface area contributed by atoms with Crippen molar-refractivity contribution in [1.82, 2.24) is 15.4 Å². The van der Waals surface area contributed by atoms with E-state index >= 15 is 0 Å². The van der Waals surface area contributed by atoms with E-state index in [2.05, 4.69) is 51.7 Å². The molecule has 0 bridgehead atoms. The van der Waals surface area contributed by atoms with Crippen LogP contribution in [0.2, 0.25) is 0 Å². The van der Waals surface area contributed by atoms with Gasteiger partial charge in [-0.15, -0.1) is 35.7 Å². The highest BCUT2D eigenvalue weighted by molar-refractivity contribution is 14.0. The Hall–Kier alpha value is -1.30. The van der Waals surface area contributed by atoms with Crippen LogP contribution >= 0.6 is 35.7 Å². The van der Waals surface area contributed by atoms with Gasteiger partial charge in [0.2, 0.25) is 10.0 Å². The molecule has 172 valence electrons. The molecule has 0 heterocycles. The average Bonchev–Trinajstić information content (AvgIpc) is 2.67. The molecule has 6 nitrogen and oxygen atoms in total. The molecule has 31 heavy (non-hydrogen) atoms. The second-order valence-electron chi connectivity index (χ2n) is 8.06. The van der Waals surface area contributed by atoms with Gasteiger partial charge in [-0.3, -0.25) is 4.99 Å². The van der Waals surface area contributed by atoms with Crippen molar-refractivity contribution in [3.63, 3.8) is 0 Å². The third kappa shape index (κ3) is 8.63. The first-order valence-electron chi connectivity index (χ1n) is 9.75. The molecule has 0 saturated heterocycles. The van der Waals surface area contributed by atoms with Crippen molar-refractivity contribution in [2.75, 3.05) is 13.3 Å². The van der Waals surface area contributed by atoms with Gasteiger partial charge in [-0.1, -0.05) is 30.3 Å². The van der Waals surface area contributed by atoms with Gasteiger partial charge >= 0.3 is 0 Å². The predicted octanol–water partition coefficient (Wildman–Crippen LogP) is 4.28. The summed E-state index contributed by atoms with van der Waals surface area (Å²) in [5, 5.41) is 6.53. The summed E-state index contributed by atoms with van der Waals surface area (Å²) in [5.74, 6) is 0.610. The van der Waals surface area contributed by atoms with Crippen molar-refractivity contribution >= 4 is 51.7 Å². The Balaban J connectivity index is 0.00000480. The molecule has 0 aromatic heterocycles. The predicted molar refractivity (Wildman–Crippen MR) is 142 cm³/mol. The van der Waals surface area contributed by atoms with Crippen LogP contribution < -0.4 is 15.4 Å². The fraction of sp³-hybridized carbons (Fsp3) is 0.409. The van der Waals surface area contributed by atoms with Gasteiger partial charge in [0.05, 0.1) is 4.90 Å². The summed E-state index contributed by atoms with van der Waals surface area (Å²) >= 11 is 1.71. The maximum Gasteiger partial charge on any atom is 0.241 e. The smallest absolute Gasteiger partial charge is 0.241 e. The average molecular weight is 577 g/mol. The van der Waals surface area contributed by atoms with E-state index in [1.54, 1.807) is 30.9 Å². The van der Waals surface area contributed by atoms with Gasteiger partial charge in [-0.25, -0.2) is 13.1 Å². The second kappa shape index (κ2) is 12.1. The lowest BCUT2D eigenvalue weighted by Gasteiger charge is -2.22. The SMILES string of the molecule is CN=C(NCc1ccc(C)cc1SC)NCc1ccccc1S(=O)(=O)NC(C)(C)C.I. The number of guanidine groups is 1. The molecule has 2 aromatic carbocycles. The molecule has 0 amide bonds. The molecule has 0 saturated carbocycles. The maximum absolute atomic E-state index is 12.8. The van der Waals surface area contributed by atoms with Gasteiger partial charge in [0.25, 0.3) is 0 Å². The van der Waals surface area contributed by atoms with Gasteiger partial charge in [0.15, 0.2) is 5.96 Å². The summed E-state index contributed by atoms with van der Waals surface area (Å²) in [5.41, 5.74) is 2.54. The molecular weight excluding hydrogens is 543 g/mol. The Kier molecular flexibility index (Phi) is 10.8. The molecular formula is C22H33IN4O2S2. The van der Waals surface area contributed by atoms with Crippen LogP contribution in [0.1, 0.15) is 37.5 Å². The van der Waals surface area contributed by atoms with Crippen molar-refractivity contribution in [3.8, 4) is 0 Å². The van der Waals surface area contributed by atoms with Crippen molar-refractivity contribution in [3.05, 3.63) is 59.2 Å².